The highest BCUT2D eigenvalue weighted by Gasteiger charge is 2.40. The van der Waals surface area contributed by atoms with E-state index < -0.39 is 33.3 Å². The Morgan fingerprint density at radius 2 is 1.94 bits per heavy atom. The number of fused-ring (bicyclic) bond motifs is 1. The van der Waals surface area contributed by atoms with E-state index in [-0.39, 0.29) is 39.0 Å². The van der Waals surface area contributed by atoms with E-state index in [0.29, 0.717) is 12.8 Å². The van der Waals surface area contributed by atoms with Gasteiger partial charge in [-0.05, 0) is 31.0 Å². The zero-order chi connectivity index (χ0) is 22.7. The second-order valence-electron chi connectivity index (χ2n) is 7.22. The maximum atomic E-state index is 13.6. The van der Waals surface area contributed by atoms with E-state index in [0.717, 1.165) is 10.6 Å². The molecule has 0 aliphatic heterocycles. The van der Waals surface area contributed by atoms with Crippen molar-refractivity contribution < 1.29 is 26.8 Å². The molecule has 0 spiro atoms. The van der Waals surface area contributed by atoms with Crippen LogP contribution < -0.4 is 11.0 Å². The zero-order valence-electron chi connectivity index (χ0n) is 16.4. The van der Waals surface area contributed by atoms with Gasteiger partial charge in [0, 0.05) is 13.1 Å². The van der Waals surface area contributed by atoms with Gasteiger partial charge in [-0.2, -0.15) is 13.2 Å². The second-order valence-corrected chi connectivity index (χ2v) is 9.47. The number of anilines is 1. The number of nitrogens with one attached hydrogen (secondary N) is 1. The molecule has 31 heavy (non-hydrogen) atoms. The Kier molecular flexibility index (Phi) is 4.85. The second kappa shape index (κ2) is 7.05. The number of hydrogen-bond donors (Lipinski definition) is 2. The van der Waals surface area contributed by atoms with Crippen LogP contribution in [0.1, 0.15) is 31.5 Å². The van der Waals surface area contributed by atoms with Crippen molar-refractivity contribution in [2.45, 2.75) is 36.9 Å². The Balaban J connectivity index is 2.07. The van der Waals surface area contributed by atoms with Crippen LogP contribution in [0.3, 0.4) is 0 Å². The van der Waals surface area contributed by atoms with Gasteiger partial charge in [0.05, 0.1) is 16.2 Å². The maximum Gasteiger partial charge on any atom is 0.431 e. The Hall–Kier alpha value is -2.93. The normalized spacial score (nSPS) is 14.9. The van der Waals surface area contributed by atoms with Crippen LogP contribution in [0.15, 0.2) is 27.9 Å². The number of imidazole rings is 1. The first kappa shape index (κ1) is 21.3. The fourth-order valence-electron chi connectivity index (χ4n) is 3.50. The van der Waals surface area contributed by atoms with Gasteiger partial charge in [0.25, 0.3) is 5.56 Å². The summed E-state index contributed by atoms with van der Waals surface area (Å²) < 4.78 is 67.9. The minimum atomic E-state index is -4.76. The largest absolute Gasteiger partial charge is 0.431 e. The van der Waals surface area contributed by atoms with Crippen molar-refractivity contribution in [1.82, 2.24) is 19.1 Å². The van der Waals surface area contributed by atoms with E-state index in [9.17, 15) is 31.6 Å². The minimum Gasteiger partial charge on any atom is -0.321 e. The molecule has 3 heterocycles. The lowest BCUT2D eigenvalue weighted by molar-refractivity contribution is -0.144. The SMILES string of the molecule is CCS(=O)(=O)c1ccc(NO)nc1-c1nc2cc(C(F)(F)F)n(C3CC3)c(=O)c2n1C. The number of rotatable bonds is 5. The van der Waals surface area contributed by atoms with Crippen LogP contribution in [0.25, 0.3) is 22.6 Å². The summed E-state index contributed by atoms with van der Waals surface area (Å²) in [5.74, 6) is -0.467. The quantitative estimate of drug-likeness (QED) is 0.566. The van der Waals surface area contributed by atoms with Gasteiger partial charge in [-0.15, -0.1) is 0 Å². The molecule has 0 bridgehead atoms. The van der Waals surface area contributed by atoms with E-state index in [1.54, 1.807) is 5.48 Å². The number of halogens is 3. The molecule has 1 aliphatic carbocycles. The fraction of sp³-hybridized carbons (Fsp3) is 0.389. The molecule has 13 heteroatoms. The van der Waals surface area contributed by atoms with Gasteiger partial charge in [-0.1, -0.05) is 6.92 Å². The Labute approximate surface area is 174 Å². The first-order chi connectivity index (χ1) is 14.5. The zero-order valence-corrected chi connectivity index (χ0v) is 17.3. The smallest absolute Gasteiger partial charge is 0.321 e. The molecule has 1 saturated carbocycles. The van der Waals surface area contributed by atoms with Gasteiger partial charge in [0.15, 0.2) is 15.7 Å². The van der Waals surface area contributed by atoms with Crippen molar-refractivity contribution >= 4 is 26.7 Å². The molecule has 1 fully saturated rings. The summed E-state index contributed by atoms with van der Waals surface area (Å²) in [6, 6.07) is 2.70. The van der Waals surface area contributed by atoms with E-state index in [1.807, 2.05) is 0 Å². The Morgan fingerprint density at radius 3 is 2.48 bits per heavy atom. The van der Waals surface area contributed by atoms with Gasteiger partial charge in [-0.25, -0.2) is 18.4 Å². The molecule has 0 atom stereocenters. The van der Waals surface area contributed by atoms with Crippen LogP contribution in [0.5, 0.6) is 0 Å². The van der Waals surface area contributed by atoms with E-state index in [4.69, 9.17) is 0 Å². The molecule has 2 N–H and O–H groups in total. The van der Waals surface area contributed by atoms with Crippen LogP contribution in [0.2, 0.25) is 0 Å². The predicted octanol–water partition coefficient (Wildman–Crippen LogP) is 2.75. The summed E-state index contributed by atoms with van der Waals surface area (Å²) >= 11 is 0. The highest BCUT2D eigenvalue weighted by Crippen LogP contribution is 2.40. The lowest BCUT2D eigenvalue weighted by Crippen LogP contribution is -2.28. The van der Waals surface area contributed by atoms with Crippen LogP contribution in [0.4, 0.5) is 19.0 Å². The minimum absolute atomic E-state index is 0.0940. The fourth-order valence-corrected chi connectivity index (χ4v) is 4.51. The van der Waals surface area contributed by atoms with E-state index in [1.165, 1.54) is 30.7 Å². The van der Waals surface area contributed by atoms with Crippen molar-refractivity contribution in [2.75, 3.05) is 11.2 Å². The molecule has 9 nitrogen and oxygen atoms in total. The van der Waals surface area contributed by atoms with E-state index in [2.05, 4.69) is 9.97 Å². The Morgan fingerprint density at radius 1 is 1.26 bits per heavy atom. The van der Waals surface area contributed by atoms with Crippen LogP contribution in [0, 0.1) is 0 Å². The third-order valence-corrected chi connectivity index (χ3v) is 6.94. The molecule has 3 aromatic heterocycles. The van der Waals surface area contributed by atoms with Crippen molar-refractivity contribution in [3.63, 3.8) is 0 Å². The highest BCUT2D eigenvalue weighted by molar-refractivity contribution is 7.91. The molecule has 3 aromatic rings. The van der Waals surface area contributed by atoms with Crippen molar-refractivity contribution in [1.29, 1.82) is 0 Å². The van der Waals surface area contributed by atoms with Crippen LogP contribution >= 0.6 is 0 Å². The standard InChI is InChI=1S/C18H18F3N5O4S/c1-3-31(29,30)11-6-7-13(24-28)23-14(11)16-22-10-8-12(18(19,20)21)26(9-4-5-9)17(27)15(10)25(16)2/h6-9,28H,3-5H2,1-2H3,(H,23,24). The lowest BCUT2D eigenvalue weighted by atomic mass is 10.2. The average molecular weight is 457 g/mol. The topological polar surface area (TPSA) is 119 Å². The predicted molar refractivity (Wildman–Crippen MR) is 105 cm³/mol. The van der Waals surface area contributed by atoms with Crippen molar-refractivity contribution in [3.8, 4) is 11.5 Å². The number of aromatic nitrogens is 4. The molecule has 0 amide bonds. The van der Waals surface area contributed by atoms with Gasteiger partial charge in [0.1, 0.15) is 22.7 Å². The first-order valence-electron chi connectivity index (χ1n) is 9.33. The monoisotopic (exact) mass is 457 g/mol. The number of hydrogen-bond acceptors (Lipinski definition) is 7. The third kappa shape index (κ3) is 3.47. The molecule has 0 unspecified atom stereocenters. The molecular weight excluding hydrogens is 439 g/mol. The summed E-state index contributed by atoms with van der Waals surface area (Å²) in [5.41, 5.74) is -0.668. The first-order valence-corrected chi connectivity index (χ1v) is 11.0. The molecule has 0 radical (unpaired) electrons. The Bertz CT molecular complexity index is 1360. The maximum absolute atomic E-state index is 13.6. The van der Waals surface area contributed by atoms with E-state index >= 15 is 0 Å². The molecule has 4 rings (SSSR count). The molecule has 166 valence electrons. The number of pyridine rings is 2. The number of nitrogens with zero attached hydrogens (tertiary/aromatic N) is 4. The molecule has 0 aromatic carbocycles. The number of alkyl halides is 3. The van der Waals surface area contributed by atoms with Gasteiger partial charge < -0.3 is 4.57 Å². The highest BCUT2D eigenvalue weighted by atomic mass is 32.2. The molecule has 0 saturated heterocycles. The van der Waals surface area contributed by atoms with Crippen LogP contribution in [-0.4, -0.2) is 38.5 Å². The number of aryl methyl sites for hydroxylation is 1. The summed E-state index contributed by atoms with van der Waals surface area (Å²) in [6.45, 7) is 1.43. The van der Waals surface area contributed by atoms with Crippen molar-refractivity contribution in [2.24, 2.45) is 7.05 Å². The van der Waals surface area contributed by atoms with Gasteiger partial charge >= 0.3 is 6.18 Å². The number of sulfone groups is 1. The molecule has 1 aliphatic rings. The average Bonchev–Trinajstić information content (AvgIpc) is 3.49. The third-order valence-electron chi connectivity index (χ3n) is 5.18. The summed E-state index contributed by atoms with van der Waals surface area (Å²) in [5, 5.41) is 9.18. The molecular formula is C18H18F3N5O4S. The van der Waals surface area contributed by atoms with Gasteiger partial charge in [0.2, 0.25) is 0 Å². The summed E-state index contributed by atoms with van der Waals surface area (Å²) in [4.78, 5) is 21.0. The summed E-state index contributed by atoms with van der Waals surface area (Å²) in [7, 11) is -2.40. The van der Waals surface area contributed by atoms with Gasteiger partial charge in [-0.3, -0.25) is 20.0 Å². The van der Waals surface area contributed by atoms with Crippen molar-refractivity contribution in [3.05, 3.63) is 34.2 Å². The van der Waals surface area contributed by atoms with Crippen LogP contribution in [-0.2, 0) is 23.1 Å². The summed E-state index contributed by atoms with van der Waals surface area (Å²) in [6.07, 6.45) is -3.84. The lowest BCUT2D eigenvalue weighted by Gasteiger charge is -2.15.